The number of hydrogen-bond donors (Lipinski definition) is 1. The summed E-state index contributed by atoms with van der Waals surface area (Å²) in [5, 5.41) is 9.15. The summed E-state index contributed by atoms with van der Waals surface area (Å²) in [6.07, 6.45) is 11.6. The van der Waals surface area contributed by atoms with Crippen LogP contribution < -0.4 is 0 Å². The zero-order valence-electron chi connectivity index (χ0n) is 10.8. The molecule has 0 aromatic heterocycles. The van der Waals surface area contributed by atoms with Crippen LogP contribution in [0.3, 0.4) is 0 Å². The molecule has 0 saturated carbocycles. The van der Waals surface area contributed by atoms with Crippen LogP contribution in [-0.4, -0.2) is 24.4 Å². The molecule has 1 aliphatic rings. The molecule has 1 N–H and O–H groups in total. The zero-order valence-corrected chi connectivity index (χ0v) is 10.8. The van der Waals surface area contributed by atoms with Crippen molar-refractivity contribution in [2.45, 2.75) is 70.8 Å². The van der Waals surface area contributed by atoms with Gasteiger partial charge >= 0.3 is 0 Å². The normalized spacial score (nSPS) is 29.6. The summed E-state index contributed by atoms with van der Waals surface area (Å²) < 4.78 is 5.67. The predicted molar refractivity (Wildman–Crippen MR) is 67.5 cm³/mol. The van der Waals surface area contributed by atoms with Crippen molar-refractivity contribution in [3.8, 4) is 0 Å². The lowest BCUT2D eigenvalue weighted by atomic mass is 9.91. The van der Waals surface area contributed by atoms with Gasteiger partial charge in [0, 0.05) is 6.61 Å². The van der Waals surface area contributed by atoms with Gasteiger partial charge in [-0.3, -0.25) is 0 Å². The molecular formula is C14H28O2. The summed E-state index contributed by atoms with van der Waals surface area (Å²) >= 11 is 0. The molecule has 16 heavy (non-hydrogen) atoms. The van der Waals surface area contributed by atoms with E-state index < -0.39 is 0 Å². The van der Waals surface area contributed by atoms with Crippen molar-refractivity contribution in [3.63, 3.8) is 0 Å². The lowest BCUT2D eigenvalue weighted by Crippen LogP contribution is -2.18. The fourth-order valence-electron chi connectivity index (χ4n) is 2.66. The molecule has 0 aromatic rings. The van der Waals surface area contributed by atoms with E-state index in [0.29, 0.717) is 0 Å². The molecule has 1 fully saturated rings. The van der Waals surface area contributed by atoms with Crippen LogP contribution in [0.25, 0.3) is 0 Å². The Balaban J connectivity index is 2.29. The molecule has 2 unspecified atom stereocenters. The van der Waals surface area contributed by atoms with E-state index >= 15 is 0 Å². The molecule has 96 valence electrons. The highest BCUT2D eigenvalue weighted by Crippen LogP contribution is 2.23. The highest BCUT2D eigenvalue weighted by Gasteiger charge is 2.12. The monoisotopic (exact) mass is 228 g/mol. The molecule has 2 atom stereocenters. The molecule has 0 aliphatic carbocycles. The first-order chi connectivity index (χ1) is 7.86. The second kappa shape index (κ2) is 9.00. The maximum absolute atomic E-state index is 9.15. The van der Waals surface area contributed by atoms with Crippen LogP contribution >= 0.6 is 0 Å². The van der Waals surface area contributed by atoms with Gasteiger partial charge in [-0.1, -0.05) is 51.9 Å². The largest absolute Gasteiger partial charge is 0.394 e. The Morgan fingerprint density at radius 3 is 2.44 bits per heavy atom. The van der Waals surface area contributed by atoms with Gasteiger partial charge in [-0.25, -0.2) is 0 Å². The van der Waals surface area contributed by atoms with Gasteiger partial charge in [0.05, 0.1) is 12.7 Å². The Labute approximate surface area is 100 Å². The Hall–Kier alpha value is -0.0800. The van der Waals surface area contributed by atoms with Crippen molar-refractivity contribution >= 4 is 0 Å². The molecule has 0 spiro atoms. The third kappa shape index (κ3) is 5.86. The minimum absolute atomic E-state index is 0.0997. The van der Waals surface area contributed by atoms with Gasteiger partial charge in [0.15, 0.2) is 0 Å². The van der Waals surface area contributed by atoms with Gasteiger partial charge in [0.2, 0.25) is 0 Å². The molecular weight excluding hydrogens is 200 g/mol. The van der Waals surface area contributed by atoms with Crippen LogP contribution in [0.2, 0.25) is 0 Å². The molecule has 2 nitrogen and oxygen atoms in total. The molecule has 0 aromatic carbocycles. The predicted octanol–water partition coefficient (Wildman–Crippen LogP) is 3.52. The van der Waals surface area contributed by atoms with Crippen LogP contribution in [0, 0.1) is 5.92 Å². The molecule has 2 heteroatoms. The van der Waals surface area contributed by atoms with Crippen molar-refractivity contribution in [3.05, 3.63) is 0 Å². The van der Waals surface area contributed by atoms with E-state index in [1.807, 2.05) is 0 Å². The third-order valence-corrected chi connectivity index (χ3v) is 3.65. The number of aliphatic hydroxyl groups is 1. The number of ether oxygens (including phenoxy) is 1. The lowest BCUT2D eigenvalue weighted by Gasteiger charge is -2.15. The van der Waals surface area contributed by atoms with Crippen LogP contribution in [0.15, 0.2) is 0 Å². The Morgan fingerprint density at radius 1 is 1.06 bits per heavy atom. The Morgan fingerprint density at radius 2 is 1.75 bits per heavy atom. The molecule has 1 aliphatic heterocycles. The minimum atomic E-state index is 0.0997. The van der Waals surface area contributed by atoms with Gasteiger partial charge in [-0.05, 0) is 18.8 Å². The smallest absolute Gasteiger partial charge is 0.0805 e. The first-order valence-electron chi connectivity index (χ1n) is 7.09. The highest BCUT2D eigenvalue weighted by molar-refractivity contribution is 4.64. The fourth-order valence-corrected chi connectivity index (χ4v) is 2.66. The minimum Gasteiger partial charge on any atom is -0.394 e. The van der Waals surface area contributed by atoms with Gasteiger partial charge in [0.1, 0.15) is 0 Å². The number of rotatable bonds is 3. The van der Waals surface area contributed by atoms with Crippen molar-refractivity contribution in [1.82, 2.24) is 0 Å². The quantitative estimate of drug-likeness (QED) is 0.801. The first kappa shape index (κ1) is 14.0. The SMILES string of the molecule is CCCC1CCCCOC(CO)CCCC1. The molecule has 0 bridgehead atoms. The summed E-state index contributed by atoms with van der Waals surface area (Å²) in [4.78, 5) is 0. The van der Waals surface area contributed by atoms with Gasteiger partial charge in [-0.15, -0.1) is 0 Å². The molecule has 1 saturated heterocycles. The van der Waals surface area contributed by atoms with Crippen LogP contribution in [0.5, 0.6) is 0 Å². The van der Waals surface area contributed by atoms with Crippen molar-refractivity contribution < 1.29 is 9.84 Å². The van der Waals surface area contributed by atoms with Crippen LogP contribution in [0.1, 0.15) is 64.7 Å². The first-order valence-corrected chi connectivity index (χ1v) is 7.09. The maximum atomic E-state index is 9.15. The highest BCUT2D eigenvalue weighted by atomic mass is 16.5. The van der Waals surface area contributed by atoms with Crippen molar-refractivity contribution in [2.24, 2.45) is 5.92 Å². The summed E-state index contributed by atoms with van der Waals surface area (Å²) in [7, 11) is 0. The summed E-state index contributed by atoms with van der Waals surface area (Å²) in [6.45, 7) is 3.32. The maximum Gasteiger partial charge on any atom is 0.0805 e. The average molecular weight is 228 g/mol. The van der Waals surface area contributed by atoms with Crippen molar-refractivity contribution in [1.29, 1.82) is 0 Å². The number of aliphatic hydroxyl groups excluding tert-OH is 1. The van der Waals surface area contributed by atoms with E-state index in [1.165, 1.54) is 44.9 Å². The topological polar surface area (TPSA) is 29.5 Å². The number of hydrogen-bond acceptors (Lipinski definition) is 2. The zero-order chi connectivity index (χ0) is 11.6. The van der Waals surface area contributed by atoms with E-state index in [4.69, 9.17) is 9.84 Å². The standard InChI is InChI=1S/C14H28O2/c1-2-7-13-8-3-4-10-14(12-15)16-11-6-5-9-13/h13-15H,2-12H2,1H3. The van der Waals surface area contributed by atoms with Crippen LogP contribution in [-0.2, 0) is 4.74 Å². The van der Waals surface area contributed by atoms with Crippen LogP contribution in [0.4, 0.5) is 0 Å². The van der Waals surface area contributed by atoms with E-state index in [9.17, 15) is 0 Å². The molecule has 1 heterocycles. The van der Waals surface area contributed by atoms with E-state index in [-0.39, 0.29) is 12.7 Å². The average Bonchev–Trinajstić information content (AvgIpc) is 2.34. The molecule has 0 radical (unpaired) electrons. The summed E-state index contributed by atoms with van der Waals surface area (Å²) in [5.41, 5.74) is 0. The van der Waals surface area contributed by atoms with E-state index in [0.717, 1.165) is 25.4 Å². The Bertz CT molecular complexity index is 159. The second-order valence-electron chi connectivity index (χ2n) is 5.11. The van der Waals surface area contributed by atoms with Gasteiger partial charge < -0.3 is 9.84 Å². The summed E-state index contributed by atoms with van der Waals surface area (Å²) in [5.74, 6) is 0.940. The van der Waals surface area contributed by atoms with E-state index in [2.05, 4.69) is 6.92 Å². The van der Waals surface area contributed by atoms with Crippen molar-refractivity contribution in [2.75, 3.05) is 13.2 Å². The summed E-state index contributed by atoms with van der Waals surface area (Å²) in [6, 6.07) is 0. The molecule has 1 rings (SSSR count). The van der Waals surface area contributed by atoms with E-state index in [1.54, 1.807) is 0 Å². The van der Waals surface area contributed by atoms with Gasteiger partial charge in [-0.2, -0.15) is 0 Å². The second-order valence-corrected chi connectivity index (χ2v) is 5.11. The molecule has 0 amide bonds. The van der Waals surface area contributed by atoms with Gasteiger partial charge in [0.25, 0.3) is 0 Å². The Kier molecular flexibility index (Phi) is 7.87. The third-order valence-electron chi connectivity index (χ3n) is 3.65. The lowest BCUT2D eigenvalue weighted by molar-refractivity contribution is 0.00569. The fraction of sp³-hybridized carbons (Fsp3) is 1.00.